The maximum Gasteiger partial charge on any atom is 0.326 e. The number of nitrogens with zero attached hydrogens (tertiary/aromatic N) is 2. The Kier molecular flexibility index (Phi) is 5.55. The lowest BCUT2D eigenvalue weighted by molar-refractivity contribution is -0.141. The summed E-state index contributed by atoms with van der Waals surface area (Å²) in [6, 6.07) is 18.2. The summed E-state index contributed by atoms with van der Waals surface area (Å²) in [6.07, 6.45) is 1.14. The smallest absolute Gasteiger partial charge is 0.326 e. The Labute approximate surface area is 179 Å². The fraction of sp³-hybridized carbons (Fsp3) is 0.208. The molecule has 1 atom stereocenters. The number of amides is 1. The van der Waals surface area contributed by atoms with Gasteiger partial charge in [-0.1, -0.05) is 60.1 Å². The van der Waals surface area contributed by atoms with E-state index in [-0.39, 0.29) is 5.91 Å². The van der Waals surface area contributed by atoms with Crippen molar-refractivity contribution in [3.05, 3.63) is 76.9 Å². The van der Waals surface area contributed by atoms with Gasteiger partial charge >= 0.3 is 5.97 Å². The average Bonchev–Trinajstić information content (AvgIpc) is 3.25. The largest absolute Gasteiger partial charge is 0.480 e. The highest BCUT2D eigenvalue weighted by atomic mass is 35.5. The molecular formula is C24H21ClN2O3. The summed E-state index contributed by atoms with van der Waals surface area (Å²) in [5.41, 5.74) is 4.12. The van der Waals surface area contributed by atoms with Gasteiger partial charge in [-0.05, 0) is 31.9 Å². The van der Waals surface area contributed by atoms with Gasteiger partial charge in [0.1, 0.15) is 6.04 Å². The van der Waals surface area contributed by atoms with Gasteiger partial charge in [-0.25, -0.2) is 4.79 Å². The van der Waals surface area contributed by atoms with Crippen molar-refractivity contribution in [3.8, 4) is 22.4 Å². The summed E-state index contributed by atoms with van der Waals surface area (Å²) in [5.74, 6) is -1.28. The van der Waals surface area contributed by atoms with E-state index in [1.807, 2.05) is 48.5 Å². The van der Waals surface area contributed by atoms with Crippen LogP contribution in [0.4, 0.5) is 0 Å². The van der Waals surface area contributed by atoms with Crippen LogP contribution in [0.3, 0.4) is 0 Å². The number of pyridine rings is 1. The molecule has 6 heteroatoms. The Morgan fingerprint density at radius 2 is 1.77 bits per heavy atom. The first-order valence-electron chi connectivity index (χ1n) is 9.83. The SMILES string of the molecule is Cc1nc(-c2ccccc2)c(-c2ccccc2Cl)cc1C(=O)N1CCCC1C(=O)O. The minimum absolute atomic E-state index is 0.308. The Hall–Kier alpha value is -3.18. The minimum atomic E-state index is -0.973. The molecule has 1 aliphatic heterocycles. The third-order valence-corrected chi connectivity index (χ3v) is 5.78. The Balaban J connectivity index is 1.88. The summed E-state index contributed by atoms with van der Waals surface area (Å²) >= 11 is 6.48. The lowest BCUT2D eigenvalue weighted by atomic mass is 9.96. The van der Waals surface area contributed by atoms with Gasteiger partial charge in [0.05, 0.1) is 17.0 Å². The fourth-order valence-corrected chi connectivity index (χ4v) is 4.18. The molecule has 1 amide bonds. The van der Waals surface area contributed by atoms with E-state index in [1.54, 1.807) is 19.1 Å². The molecule has 0 aliphatic carbocycles. The van der Waals surface area contributed by atoms with Gasteiger partial charge < -0.3 is 10.0 Å². The normalized spacial score (nSPS) is 15.9. The number of aryl methyl sites for hydroxylation is 1. The van der Waals surface area contributed by atoms with Crippen LogP contribution >= 0.6 is 11.6 Å². The molecule has 30 heavy (non-hydrogen) atoms. The number of halogens is 1. The van der Waals surface area contributed by atoms with E-state index in [0.717, 1.165) is 22.4 Å². The van der Waals surface area contributed by atoms with Crippen LogP contribution in [0.15, 0.2) is 60.7 Å². The highest BCUT2D eigenvalue weighted by Gasteiger charge is 2.35. The highest BCUT2D eigenvalue weighted by Crippen LogP contribution is 2.36. The number of carboxylic acids is 1. The number of hydrogen-bond acceptors (Lipinski definition) is 3. The molecule has 1 aromatic heterocycles. The van der Waals surface area contributed by atoms with Gasteiger partial charge in [-0.2, -0.15) is 0 Å². The maximum absolute atomic E-state index is 13.3. The Bertz CT molecular complexity index is 1110. The van der Waals surface area contributed by atoms with Crippen LogP contribution in [0, 0.1) is 6.92 Å². The first-order chi connectivity index (χ1) is 14.5. The molecule has 0 radical (unpaired) electrons. The van der Waals surface area contributed by atoms with Crippen LogP contribution in [0.2, 0.25) is 5.02 Å². The molecule has 1 saturated heterocycles. The zero-order chi connectivity index (χ0) is 21.3. The van der Waals surface area contributed by atoms with Crippen LogP contribution in [0.1, 0.15) is 28.9 Å². The monoisotopic (exact) mass is 420 g/mol. The Morgan fingerprint density at radius 1 is 1.07 bits per heavy atom. The van der Waals surface area contributed by atoms with Gasteiger partial charge in [-0.3, -0.25) is 9.78 Å². The molecule has 152 valence electrons. The predicted octanol–water partition coefficient (Wildman–Crippen LogP) is 5.07. The number of carboxylic acid groups (broad SMARTS) is 1. The first-order valence-corrected chi connectivity index (χ1v) is 10.2. The predicted molar refractivity (Wildman–Crippen MR) is 117 cm³/mol. The third kappa shape index (κ3) is 3.68. The maximum atomic E-state index is 13.3. The lowest BCUT2D eigenvalue weighted by Crippen LogP contribution is -2.40. The van der Waals surface area contributed by atoms with Crippen molar-refractivity contribution >= 4 is 23.5 Å². The van der Waals surface area contributed by atoms with Crippen molar-refractivity contribution in [2.45, 2.75) is 25.8 Å². The van der Waals surface area contributed by atoms with E-state index in [4.69, 9.17) is 16.6 Å². The molecule has 2 heterocycles. The summed E-state index contributed by atoms with van der Waals surface area (Å²) < 4.78 is 0. The molecule has 0 bridgehead atoms. The molecule has 1 fully saturated rings. The number of benzene rings is 2. The third-order valence-electron chi connectivity index (χ3n) is 5.45. The van der Waals surface area contributed by atoms with Crippen LogP contribution in [-0.2, 0) is 4.79 Å². The summed E-state index contributed by atoms with van der Waals surface area (Å²) in [6.45, 7) is 2.21. The number of carbonyl (C=O) groups excluding carboxylic acids is 1. The molecule has 5 nitrogen and oxygen atoms in total. The van der Waals surface area contributed by atoms with Gasteiger partial charge in [0.15, 0.2) is 0 Å². The highest BCUT2D eigenvalue weighted by molar-refractivity contribution is 6.33. The van der Waals surface area contributed by atoms with Gasteiger partial charge in [0.25, 0.3) is 5.91 Å². The second-order valence-electron chi connectivity index (χ2n) is 7.36. The molecule has 4 rings (SSSR count). The number of carbonyl (C=O) groups is 2. The van der Waals surface area contributed by atoms with Crippen molar-refractivity contribution in [2.75, 3.05) is 6.54 Å². The standard InChI is InChI=1S/C24H21ClN2O3/c1-15-18(23(28)27-13-7-12-21(27)24(29)30)14-19(17-10-5-6-11-20(17)25)22(26-15)16-8-3-2-4-9-16/h2-6,8-11,14,21H,7,12-13H2,1H3,(H,29,30). The molecule has 1 aliphatic rings. The molecule has 1 N–H and O–H groups in total. The summed E-state index contributed by atoms with van der Waals surface area (Å²) in [4.78, 5) is 31.1. The molecule has 0 saturated carbocycles. The first kappa shape index (κ1) is 20.1. The minimum Gasteiger partial charge on any atom is -0.480 e. The van der Waals surface area contributed by atoms with Crippen molar-refractivity contribution < 1.29 is 14.7 Å². The molecule has 2 aromatic carbocycles. The summed E-state index contributed by atoms with van der Waals surface area (Å²) in [7, 11) is 0. The zero-order valence-corrected chi connectivity index (χ0v) is 17.3. The molecular weight excluding hydrogens is 400 g/mol. The molecule has 1 unspecified atom stereocenters. The van der Waals surface area contributed by atoms with E-state index in [1.165, 1.54) is 4.90 Å². The Morgan fingerprint density at radius 3 is 2.47 bits per heavy atom. The van der Waals surface area contributed by atoms with Crippen LogP contribution in [0.25, 0.3) is 22.4 Å². The molecule has 0 spiro atoms. The van der Waals surface area contributed by atoms with Gasteiger partial charge in [-0.15, -0.1) is 0 Å². The van der Waals surface area contributed by atoms with Crippen LogP contribution in [-0.4, -0.2) is 39.5 Å². The summed E-state index contributed by atoms with van der Waals surface area (Å²) in [5, 5.41) is 10.0. The van der Waals surface area contributed by atoms with Crippen molar-refractivity contribution in [1.29, 1.82) is 0 Å². The van der Waals surface area contributed by atoms with E-state index >= 15 is 0 Å². The van der Waals surface area contributed by atoms with E-state index in [0.29, 0.717) is 35.7 Å². The van der Waals surface area contributed by atoms with E-state index in [2.05, 4.69) is 0 Å². The fourth-order valence-electron chi connectivity index (χ4n) is 3.94. The number of likely N-dealkylation sites (tertiary alicyclic amines) is 1. The van der Waals surface area contributed by atoms with Gasteiger partial charge in [0, 0.05) is 28.3 Å². The second-order valence-corrected chi connectivity index (χ2v) is 7.77. The van der Waals surface area contributed by atoms with E-state index in [9.17, 15) is 14.7 Å². The quantitative estimate of drug-likeness (QED) is 0.639. The second kappa shape index (κ2) is 8.28. The van der Waals surface area contributed by atoms with Crippen molar-refractivity contribution in [2.24, 2.45) is 0 Å². The topological polar surface area (TPSA) is 70.5 Å². The van der Waals surface area contributed by atoms with Crippen molar-refractivity contribution in [3.63, 3.8) is 0 Å². The lowest BCUT2D eigenvalue weighted by Gasteiger charge is -2.23. The number of hydrogen-bond donors (Lipinski definition) is 1. The van der Waals surface area contributed by atoms with Crippen LogP contribution in [0.5, 0.6) is 0 Å². The number of aromatic nitrogens is 1. The van der Waals surface area contributed by atoms with Crippen LogP contribution < -0.4 is 0 Å². The molecule has 3 aromatic rings. The van der Waals surface area contributed by atoms with Gasteiger partial charge in [0.2, 0.25) is 0 Å². The number of aliphatic carboxylic acids is 1. The number of rotatable bonds is 4. The van der Waals surface area contributed by atoms with Crippen molar-refractivity contribution in [1.82, 2.24) is 9.88 Å². The average molecular weight is 421 g/mol. The zero-order valence-electron chi connectivity index (χ0n) is 16.5. The van der Waals surface area contributed by atoms with E-state index < -0.39 is 12.0 Å².